The van der Waals surface area contributed by atoms with Crippen molar-refractivity contribution in [3.8, 4) is 11.5 Å². The average molecular weight is 508 g/mol. The molecule has 0 aliphatic heterocycles. The molecule has 0 saturated heterocycles. The van der Waals surface area contributed by atoms with Gasteiger partial charge in [-0.2, -0.15) is 0 Å². The highest BCUT2D eigenvalue weighted by atomic mass is 16.5. The fourth-order valence-electron chi connectivity index (χ4n) is 4.42. The van der Waals surface area contributed by atoms with Crippen LogP contribution in [-0.4, -0.2) is 23.7 Å². The SMILES string of the molecule is COc1ccc(CN(CCc2ccccc2)Cc2c(O)ccc3c(=O)cc(/C=C/c4ccoc4)oc23)cc1. The molecule has 38 heavy (non-hydrogen) atoms. The van der Waals surface area contributed by atoms with Crippen LogP contribution in [0.25, 0.3) is 23.1 Å². The summed E-state index contributed by atoms with van der Waals surface area (Å²) in [5.41, 5.74) is 4.01. The van der Waals surface area contributed by atoms with Gasteiger partial charge in [0.05, 0.1) is 30.6 Å². The van der Waals surface area contributed by atoms with E-state index in [1.54, 1.807) is 37.8 Å². The summed E-state index contributed by atoms with van der Waals surface area (Å²) in [6, 6.07) is 24.7. The van der Waals surface area contributed by atoms with Crippen LogP contribution in [0.1, 0.15) is 28.0 Å². The molecule has 0 radical (unpaired) electrons. The number of phenols is 1. The van der Waals surface area contributed by atoms with Crippen LogP contribution in [-0.2, 0) is 19.5 Å². The molecule has 6 heteroatoms. The van der Waals surface area contributed by atoms with Crippen LogP contribution < -0.4 is 10.2 Å². The summed E-state index contributed by atoms with van der Waals surface area (Å²) in [6.45, 7) is 1.80. The van der Waals surface area contributed by atoms with E-state index in [2.05, 4.69) is 17.0 Å². The summed E-state index contributed by atoms with van der Waals surface area (Å²) in [7, 11) is 1.65. The molecule has 0 fully saturated rings. The van der Waals surface area contributed by atoms with Gasteiger partial charge in [0.15, 0.2) is 5.43 Å². The standard InChI is InChI=1S/C32H29NO5/c1-36-26-10-7-24(8-11-26)20-33(17-15-23-5-3-2-4-6-23)21-29-30(34)14-13-28-31(35)19-27(38-32(28)29)12-9-25-16-18-37-22-25/h2-14,16,18-19,22,34H,15,17,20-21H2,1H3/b12-9+. The Hall–Kier alpha value is -4.55. The molecule has 3 aromatic carbocycles. The van der Waals surface area contributed by atoms with Gasteiger partial charge in [-0.05, 0) is 60.0 Å². The average Bonchev–Trinajstić information content (AvgIpc) is 3.47. The van der Waals surface area contributed by atoms with E-state index in [-0.39, 0.29) is 11.2 Å². The van der Waals surface area contributed by atoms with E-state index in [1.165, 1.54) is 11.6 Å². The summed E-state index contributed by atoms with van der Waals surface area (Å²) in [5, 5.41) is 11.3. The van der Waals surface area contributed by atoms with E-state index in [4.69, 9.17) is 13.6 Å². The third-order valence-electron chi connectivity index (χ3n) is 6.48. The predicted molar refractivity (Wildman–Crippen MR) is 149 cm³/mol. The smallest absolute Gasteiger partial charge is 0.193 e. The normalized spacial score (nSPS) is 11.5. The van der Waals surface area contributed by atoms with E-state index in [1.807, 2.05) is 54.6 Å². The second-order valence-corrected chi connectivity index (χ2v) is 9.14. The molecule has 0 bridgehead atoms. The zero-order valence-corrected chi connectivity index (χ0v) is 21.2. The van der Waals surface area contributed by atoms with Gasteiger partial charge in [-0.15, -0.1) is 0 Å². The topological polar surface area (TPSA) is 76.1 Å². The minimum Gasteiger partial charge on any atom is -0.507 e. The maximum Gasteiger partial charge on any atom is 0.193 e. The van der Waals surface area contributed by atoms with Crippen molar-refractivity contribution in [2.75, 3.05) is 13.7 Å². The van der Waals surface area contributed by atoms with Gasteiger partial charge in [0.25, 0.3) is 0 Å². The lowest BCUT2D eigenvalue weighted by Gasteiger charge is -2.24. The largest absolute Gasteiger partial charge is 0.507 e. The number of furan rings is 1. The summed E-state index contributed by atoms with van der Waals surface area (Å²) >= 11 is 0. The number of ether oxygens (including phenoxy) is 1. The summed E-state index contributed by atoms with van der Waals surface area (Å²) < 4.78 is 16.6. The van der Waals surface area contributed by atoms with Gasteiger partial charge < -0.3 is 18.7 Å². The molecular formula is C32H29NO5. The molecule has 0 atom stereocenters. The van der Waals surface area contributed by atoms with Crippen molar-refractivity contribution >= 4 is 23.1 Å². The molecule has 6 nitrogen and oxygen atoms in total. The van der Waals surface area contributed by atoms with E-state index in [0.29, 0.717) is 35.4 Å². The van der Waals surface area contributed by atoms with Crippen LogP contribution >= 0.6 is 0 Å². The van der Waals surface area contributed by atoms with Crippen molar-refractivity contribution in [3.05, 3.63) is 130 Å². The highest BCUT2D eigenvalue weighted by Gasteiger charge is 2.17. The Bertz CT molecular complexity index is 1570. The molecular weight excluding hydrogens is 478 g/mol. The van der Waals surface area contributed by atoms with Crippen LogP contribution in [0.15, 0.2) is 105 Å². The van der Waals surface area contributed by atoms with Gasteiger partial charge in [0.2, 0.25) is 0 Å². The van der Waals surface area contributed by atoms with E-state index in [0.717, 1.165) is 29.8 Å². The minimum atomic E-state index is -0.162. The van der Waals surface area contributed by atoms with Gasteiger partial charge in [-0.25, -0.2) is 0 Å². The highest BCUT2D eigenvalue weighted by molar-refractivity contribution is 5.83. The van der Waals surface area contributed by atoms with Crippen LogP contribution in [0.4, 0.5) is 0 Å². The highest BCUT2D eigenvalue weighted by Crippen LogP contribution is 2.29. The van der Waals surface area contributed by atoms with E-state index < -0.39 is 0 Å². The first kappa shape index (κ1) is 25.1. The molecule has 0 spiro atoms. The van der Waals surface area contributed by atoms with Crippen LogP contribution in [0.5, 0.6) is 11.5 Å². The minimum absolute atomic E-state index is 0.0936. The second kappa shape index (κ2) is 11.7. The lowest BCUT2D eigenvalue weighted by atomic mass is 10.1. The summed E-state index contributed by atoms with van der Waals surface area (Å²) in [6.07, 6.45) is 7.57. The predicted octanol–water partition coefficient (Wildman–Crippen LogP) is 6.52. The Labute approximate surface area is 221 Å². The lowest BCUT2D eigenvalue weighted by Crippen LogP contribution is -2.25. The number of nitrogens with zero attached hydrogens (tertiary/aromatic N) is 1. The van der Waals surface area contributed by atoms with Crippen molar-refractivity contribution in [2.24, 2.45) is 0 Å². The molecule has 0 saturated carbocycles. The first-order chi connectivity index (χ1) is 18.6. The number of methoxy groups -OCH3 is 1. The van der Waals surface area contributed by atoms with Gasteiger partial charge in [0.1, 0.15) is 22.8 Å². The number of fused-ring (bicyclic) bond motifs is 1. The van der Waals surface area contributed by atoms with Crippen LogP contribution in [0.3, 0.4) is 0 Å². The monoisotopic (exact) mass is 507 g/mol. The molecule has 2 heterocycles. The number of benzene rings is 3. The molecule has 5 rings (SSSR count). The molecule has 2 aromatic heterocycles. The maximum atomic E-state index is 13.0. The van der Waals surface area contributed by atoms with Gasteiger partial charge in [-0.1, -0.05) is 42.5 Å². The van der Waals surface area contributed by atoms with Gasteiger partial charge in [0, 0.05) is 31.3 Å². The van der Waals surface area contributed by atoms with Crippen LogP contribution in [0, 0.1) is 0 Å². The third kappa shape index (κ3) is 6.05. The zero-order chi connectivity index (χ0) is 26.3. The number of rotatable bonds is 10. The zero-order valence-electron chi connectivity index (χ0n) is 21.2. The quantitative estimate of drug-likeness (QED) is 0.232. The van der Waals surface area contributed by atoms with Gasteiger partial charge in [-0.3, -0.25) is 9.69 Å². The van der Waals surface area contributed by atoms with Crippen molar-refractivity contribution in [3.63, 3.8) is 0 Å². The molecule has 5 aromatic rings. The number of hydrogen-bond donors (Lipinski definition) is 1. The number of aromatic hydroxyl groups is 1. The van der Waals surface area contributed by atoms with Crippen molar-refractivity contribution in [1.29, 1.82) is 0 Å². The fourth-order valence-corrected chi connectivity index (χ4v) is 4.42. The number of hydrogen-bond acceptors (Lipinski definition) is 6. The second-order valence-electron chi connectivity index (χ2n) is 9.14. The first-order valence-corrected chi connectivity index (χ1v) is 12.5. The molecule has 1 N–H and O–H groups in total. The Morgan fingerprint density at radius 2 is 1.74 bits per heavy atom. The van der Waals surface area contributed by atoms with Crippen molar-refractivity contribution < 1.29 is 18.7 Å². The lowest BCUT2D eigenvalue weighted by molar-refractivity contribution is 0.256. The fraction of sp³-hybridized carbons (Fsp3) is 0.156. The van der Waals surface area contributed by atoms with Gasteiger partial charge >= 0.3 is 0 Å². The maximum absolute atomic E-state index is 13.0. The molecule has 0 unspecified atom stereocenters. The Morgan fingerprint density at radius 3 is 2.47 bits per heavy atom. The molecule has 192 valence electrons. The van der Waals surface area contributed by atoms with Crippen molar-refractivity contribution in [1.82, 2.24) is 4.90 Å². The Kier molecular flexibility index (Phi) is 7.71. The Balaban J connectivity index is 1.48. The first-order valence-electron chi connectivity index (χ1n) is 12.5. The third-order valence-corrected chi connectivity index (χ3v) is 6.48. The van der Waals surface area contributed by atoms with Crippen molar-refractivity contribution in [2.45, 2.75) is 19.5 Å². The van der Waals surface area contributed by atoms with E-state index in [9.17, 15) is 9.90 Å². The Morgan fingerprint density at radius 1 is 0.921 bits per heavy atom. The van der Waals surface area contributed by atoms with Crippen LogP contribution in [0.2, 0.25) is 0 Å². The molecule has 0 amide bonds. The summed E-state index contributed by atoms with van der Waals surface area (Å²) in [4.78, 5) is 15.2. The summed E-state index contributed by atoms with van der Waals surface area (Å²) in [5.74, 6) is 1.30. The molecule has 0 aliphatic rings. The van der Waals surface area contributed by atoms with E-state index >= 15 is 0 Å². The number of phenolic OH excluding ortho intramolecular Hbond substituents is 1. The molecule has 0 aliphatic carbocycles.